The second-order valence-electron chi connectivity index (χ2n) is 12.7. The van der Waals surface area contributed by atoms with Gasteiger partial charge in [-0.2, -0.15) is 15.5 Å². The van der Waals surface area contributed by atoms with Crippen LogP contribution in [0.1, 0.15) is 70.4 Å². The lowest BCUT2D eigenvalue weighted by molar-refractivity contribution is -0.0365. The van der Waals surface area contributed by atoms with Crippen molar-refractivity contribution in [3.05, 3.63) is 51.9 Å². The molecule has 0 radical (unpaired) electrons. The third kappa shape index (κ3) is 6.19. The maximum atomic E-state index is 10.5. The van der Waals surface area contributed by atoms with E-state index in [2.05, 4.69) is 52.2 Å². The van der Waals surface area contributed by atoms with Crippen LogP contribution in [0.4, 0.5) is 5.82 Å². The molecule has 2 atom stereocenters. The van der Waals surface area contributed by atoms with Crippen LogP contribution in [0.3, 0.4) is 0 Å². The van der Waals surface area contributed by atoms with Crippen LogP contribution in [0.5, 0.6) is 11.5 Å². The second kappa shape index (κ2) is 13.2. The van der Waals surface area contributed by atoms with E-state index in [1.807, 2.05) is 23.7 Å². The molecule has 13 heteroatoms. The van der Waals surface area contributed by atoms with Gasteiger partial charge in [-0.25, -0.2) is 4.68 Å². The maximum absolute atomic E-state index is 10.5. The minimum Gasteiger partial charge on any atom is -0.493 e. The molecular formula is C33H38Cl2N8O3. The highest BCUT2D eigenvalue weighted by Crippen LogP contribution is 2.43. The highest BCUT2D eigenvalue weighted by atomic mass is 35.5. The normalized spacial score (nSPS) is 18.3. The number of halogens is 2. The molecule has 2 aliphatic rings. The number of hydrogen-bond donors (Lipinski definition) is 1. The molecule has 5 heterocycles. The number of nitrogens with zero attached hydrogens (tertiary/aromatic N) is 7. The lowest BCUT2D eigenvalue weighted by Crippen LogP contribution is -2.68. The van der Waals surface area contributed by atoms with Crippen molar-refractivity contribution in [1.82, 2.24) is 30.3 Å². The Balaban J connectivity index is 1.44. The molecular weight excluding hydrogens is 627 g/mol. The van der Waals surface area contributed by atoms with E-state index in [0.29, 0.717) is 75.4 Å². The molecule has 242 valence electrons. The van der Waals surface area contributed by atoms with Crippen molar-refractivity contribution >= 4 is 39.9 Å². The number of nitrogens with one attached hydrogen (secondary N) is 1. The summed E-state index contributed by atoms with van der Waals surface area (Å²) < 4.78 is 20.3. The van der Waals surface area contributed by atoms with Crippen LogP contribution in [0.25, 0.3) is 22.2 Å². The Morgan fingerprint density at radius 2 is 1.89 bits per heavy atom. The maximum Gasteiger partial charge on any atom is 0.170 e. The number of benzene rings is 1. The Morgan fingerprint density at radius 3 is 2.54 bits per heavy atom. The molecule has 0 saturated carbocycles. The van der Waals surface area contributed by atoms with E-state index in [-0.39, 0.29) is 11.8 Å². The molecule has 1 N–H and O–H groups in total. The van der Waals surface area contributed by atoms with E-state index in [1.165, 1.54) is 12.4 Å². The first-order valence-electron chi connectivity index (χ1n) is 15.6. The summed E-state index contributed by atoms with van der Waals surface area (Å²) in [6, 6.07) is 6.19. The molecule has 6 rings (SSSR count). The summed E-state index contributed by atoms with van der Waals surface area (Å²) in [7, 11) is 1.59. The minimum absolute atomic E-state index is 0.0681. The summed E-state index contributed by atoms with van der Waals surface area (Å²) in [5.74, 6) is 2.05. The summed E-state index contributed by atoms with van der Waals surface area (Å²) in [6.45, 7) is 11.4. The monoisotopic (exact) mass is 664 g/mol. The molecule has 2 saturated heterocycles. The van der Waals surface area contributed by atoms with Gasteiger partial charge in [0.15, 0.2) is 23.5 Å². The Kier molecular flexibility index (Phi) is 9.26. The molecule has 1 aromatic carbocycles. The molecule has 4 aromatic rings. The quantitative estimate of drug-likeness (QED) is 0.195. The molecule has 3 aromatic heterocycles. The summed E-state index contributed by atoms with van der Waals surface area (Å²) in [4.78, 5) is 6.15. The zero-order valence-electron chi connectivity index (χ0n) is 26.7. The number of hydrogen-bond acceptors (Lipinski definition) is 10. The van der Waals surface area contributed by atoms with E-state index < -0.39 is 6.10 Å². The summed E-state index contributed by atoms with van der Waals surface area (Å²) in [5.41, 5.74) is 2.92. The van der Waals surface area contributed by atoms with Crippen molar-refractivity contribution in [3.63, 3.8) is 0 Å². The van der Waals surface area contributed by atoms with Crippen LogP contribution >= 0.6 is 23.2 Å². The average molecular weight is 666 g/mol. The van der Waals surface area contributed by atoms with Crippen molar-refractivity contribution in [1.29, 1.82) is 5.26 Å². The molecule has 2 fully saturated rings. The fraction of sp³-hybridized carbons (Fsp3) is 0.485. The number of nitriles is 1. The van der Waals surface area contributed by atoms with Crippen molar-refractivity contribution in [2.24, 2.45) is 5.92 Å². The molecule has 0 bridgehead atoms. The van der Waals surface area contributed by atoms with Gasteiger partial charge in [-0.1, -0.05) is 37.0 Å². The average Bonchev–Trinajstić information content (AvgIpc) is 3.40. The predicted molar refractivity (Wildman–Crippen MR) is 178 cm³/mol. The molecule has 46 heavy (non-hydrogen) atoms. The Labute approximate surface area is 278 Å². The smallest absolute Gasteiger partial charge is 0.170 e. The fourth-order valence-corrected chi connectivity index (χ4v) is 6.86. The molecule has 1 unspecified atom stereocenters. The van der Waals surface area contributed by atoms with Gasteiger partial charge in [-0.05, 0) is 51.6 Å². The van der Waals surface area contributed by atoms with Crippen molar-refractivity contribution in [3.8, 4) is 28.8 Å². The number of pyridine rings is 1. The van der Waals surface area contributed by atoms with Crippen LogP contribution in [0.2, 0.25) is 10.0 Å². The lowest BCUT2D eigenvalue weighted by Gasteiger charge is -2.49. The van der Waals surface area contributed by atoms with Crippen LogP contribution < -0.4 is 19.7 Å². The van der Waals surface area contributed by atoms with Crippen molar-refractivity contribution in [2.75, 3.05) is 38.3 Å². The van der Waals surface area contributed by atoms with Crippen LogP contribution in [-0.2, 0) is 4.74 Å². The number of anilines is 1. The van der Waals surface area contributed by atoms with E-state index in [9.17, 15) is 5.26 Å². The van der Waals surface area contributed by atoms with Gasteiger partial charge in [0, 0.05) is 54.7 Å². The van der Waals surface area contributed by atoms with Gasteiger partial charge >= 0.3 is 0 Å². The van der Waals surface area contributed by atoms with Gasteiger partial charge in [-0.15, -0.1) is 5.10 Å². The number of aromatic nitrogens is 5. The molecule has 11 nitrogen and oxygen atoms in total. The van der Waals surface area contributed by atoms with Gasteiger partial charge in [-0.3, -0.25) is 4.98 Å². The molecule has 2 aliphatic heterocycles. The van der Waals surface area contributed by atoms with Crippen molar-refractivity contribution in [2.45, 2.75) is 64.8 Å². The van der Waals surface area contributed by atoms with Crippen LogP contribution in [-0.4, -0.2) is 63.9 Å². The first kappa shape index (κ1) is 32.3. The zero-order chi connectivity index (χ0) is 32.6. The van der Waals surface area contributed by atoms with E-state index in [4.69, 9.17) is 42.5 Å². The SMILES string of the molecule is COc1cc2c(cc1O[C@H](C)c1c(Cl)cncc1Cl)c(-c1cnnc(N3CC(C)(NCC(C)C)C3)c1C#N)nn2C1CCCCO1. The highest BCUT2D eigenvalue weighted by Gasteiger charge is 2.41. The third-order valence-corrected chi connectivity index (χ3v) is 9.14. The number of ether oxygens (including phenoxy) is 3. The van der Waals surface area contributed by atoms with Crippen molar-refractivity contribution < 1.29 is 14.2 Å². The Morgan fingerprint density at radius 1 is 1.13 bits per heavy atom. The standard InChI is InChI=1S/C33H38Cl2N8O3/c1-19(2)13-38-33(4)17-42(18-33)32-22(12-36)23(14-39-40-32)31-21-10-28(46-20(3)30-24(34)15-37-16-25(30)35)27(44-5)11-26(21)43(41-31)29-8-6-7-9-45-29/h10-11,14-16,19-20,29,38H,6-9,13,17-18H2,1-5H3/t20-,29?/m1/s1. The van der Waals surface area contributed by atoms with E-state index >= 15 is 0 Å². The Bertz CT molecular complexity index is 1760. The van der Waals surface area contributed by atoms with Gasteiger partial charge in [0.1, 0.15) is 23.4 Å². The van der Waals surface area contributed by atoms with Gasteiger partial charge in [0.25, 0.3) is 0 Å². The molecule has 0 spiro atoms. The summed E-state index contributed by atoms with van der Waals surface area (Å²) >= 11 is 12.9. The number of methoxy groups -OCH3 is 1. The molecule has 0 amide bonds. The third-order valence-electron chi connectivity index (χ3n) is 8.54. The minimum atomic E-state index is -0.525. The van der Waals surface area contributed by atoms with E-state index in [0.717, 1.165) is 36.7 Å². The largest absolute Gasteiger partial charge is 0.493 e. The second-order valence-corrected chi connectivity index (χ2v) is 13.5. The van der Waals surface area contributed by atoms with Gasteiger partial charge in [0.2, 0.25) is 0 Å². The highest BCUT2D eigenvalue weighted by molar-refractivity contribution is 6.35. The van der Waals surface area contributed by atoms with Gasteiger partial charge in [0.05, 0.1) is 34.4 Å². The van der Waals surface area contributed by atoms with Gasteiger partial charge < -0.3 is 24.4 Å². The topological polar surface area (TPSA) is 123 Å². The molecule has 0 aliphatic carbocycles. The number of fused-ring (bicyclic) bond motifs is 1. The Hall–Kier alpha value is -3.69. The van der Waals surface area contributed by atoms with Crippen LogP contribution in [0, 0.1) is 17.2 Å². The summed E-state index contributed by atoms with van der Waals surface area (Å²) in [6.07, 6.45) is 6.72. The summed E-state index contributed by atoms with van der Waals surface area (Å²) in [5, 5.41) is 29.6. The predicted octanol–water partition coefficient (Wildman–Crippen LogP) is 6.74. The first-order valence-corrected chi connectivity index (χ1v) is 16.3. The van der Waals surface area contributed by atoms with Crippen LogP contribution in [0.15, 0.2) is 30.7 Å². The van der Waals surface area contributed by atoms with E-state index in [1.54, 1.807) is 13.3 Å². The lowest BCUT2D eigenvalue weighted by atomic mass is 9.90. The zero-order valence-corrected chi connectivity index (χ0v) is 28.2. The fourth-order valence-electron chi connectivity index (χ4n) is 6.19. The number of rotatable bonds is 10. The first-order chi connectivity index (χ1) is 22.1.